The molecule has 1 amide bonds. The molecular formula is C19H22N6OS. The smallest absolute Gasteiger partial charge is 0.238 e. The zero-order chi connectivity index (χ0) is 18.8. The van der Waals surface area contributed by atoms with Crippen molar-refractivity contribution in [2.75, 3.05) is 23.1 Å². The van der Waals surface area contributed by atoms with Crippen LogP contribution in [0.5, 0.6) is 0 Å². The summed E-state index contributed by atoms with van der Waals surface area (Å²) in [4.78, 5) is 21.0. The topological polar surface area (TPSA) is 96.0 Å². The molecule has 8 heteroatoms. The van der Waals surface area contributed by atoms with E-state index in [1.807, 2.05) is 12.1 Å². The van der Waals surface area contributed by atoms with Crippen molar-refractivity contribution in [3.8, 4) is 12.1 Å². The molecule has 4 heterocycles. The quantitative estimate of drug-likeness (QED) is 0.842. The Morgan fingerprint density at radius 3 is 2.70 bits per heavy atom. The molecule has 140 valence electrons. The Bertz CT molecular complexity index is 771. The third-order valence-corrected chi connectivity index (χ3v) is 6.78. The van der Waals surface area contributed by atoms with Crippen molar-refractivity contribution in [1.82, 2.24) is 15.2 Å². The first-order chi connectivity index (χ1) is 13.2. The van der Waals surface area contributed by atoms with Crippen LogP contribution in [-0.4, -0.2) is 58.1 Å². The molecule has 4 rings (SSSR count). The number of carbonyl (C=O) groups is 1. The Kier molecular flexibility index (Phi) is 5.20. The first-order valence-corrected chi connectivity index (χ1v) is 10.5. The molecule has 3 saturated heterocycles. The van der Waals surface area contributed by atoms with Crippen molar-refractivity contribution < 1.29 is 4.79 Å². The number of nitriles is 2. The van der Waals surface area contributed by atoms with Gasteiger partial charge in [0.15, 0.2) is 0 Å². The number of anilines is 1. The maximum absolute atomic E-state index is 12.4. The van der Waals surface area contributed by atoms with Crippen LogP contribution in [0.1, 0.15) is 31.2 Å². The molecule has 7 nitrogen and oxygen atoms in total. The van der Waals surface area contributed by atoms with E-state index in [-0.39, 0.29) is 11.9 Å². The van der Waals surface area contributed by atoms with Gasteiger partial charge in [-0.15, -0.1) is 11.8 Å². The van der Waals surface area contributed by atoms with E-state index < -0.39 is 0 Å². The van der Waals surface area contributed by atoms with Crippen LogP contribution >= 0.6 is 11.8 Å². The highest BCUT2D eigenvalue weighted by Crippen LogP contribution is 2.38. The molecule has 0 saturated carbocycles. The second-order valence-electron chi connectivity index (χ2n) is 7.37. The average Bonchev–Trinajstić information content (AvgIpc) is 3.28. The van der Waals surface area contributed by atoms with Crippen molar-refractivity contribution in [1.29, 1.82) is 10.5 Å². The number of pyridine rings is 1. The summed E-state index contributed by atoms with van der Waals surface area (Å²) < 4.78 is 0. The van der Waals surface area contributed by atoms with Gasteiger partial charge in [-0.25, -0.2) is 4.98 Å². The van der Waals surface area contributed by atoms with Crippen LogP contribution in [0.15, 0.2) is 18.3 Å². The molecule has 1 aromatic heterocycles. The van der Waals surface area contributed by atoms with Crippen LogP contribution in [0.25, 0.3) is 0 Å². The van der Waals surface area contributed by atoms with E-state index in [1.165, 1.54) is 0 Å². The molecule has 27 heavy (non-hydrogen) atoms. The van der Waals surface area contributed by atoms with Crippen molar-refractivity contribution in [2.24, 2.45) is 0 Å². The number of fused-ring (bicyclic) bond motifs is 2. The maximum Gasteiger partial charge on any atom is 0.238 e. The summed E-state index contributed by atoms with van der Waals surface area (Å²) >= 11 is 1.64. The van der Waals surface area contributed by atoms with E-state index in [9.17, 15) is 4.79 Å². The second kappa shape index (κ2) is 7.75. The summed E-state index contributed by atoms with van der Waals surface area (Å²) in [5.74, 6) is 2.30. The molecule has 0 aliphatic carbocycles. The predicted octanol–water partition coefficient (Wildman–Crippen LogP) is 1.47. The van der Waals surface area contributed by atoms with Gasteiger partial charge in [-0.2, -0.15) is 10.5 Å². The number of rotatable bonds is 4. The monoisotopic (exact) mass is 382 g/mol. The minimum absolute atomic E-state index is 0.0232. The highest BCUT2D eigenvalue weighted by Gasteiger charge is 2.41. The van der Waals surface area contributed by atoms with E-state index >= 15 is 0 Å². The normalized spacial score (nSPS) is 29.4. The van der Waals surface area contributed by atoms with Crippen LogP contribution in [0.2, 0.25) is 0 Å². The summed E-state index contributed by atoms with van der Waals surface area (Å²) in [5, 5.41) is 21.5. The molecule has 3 aliphatic heterocycles. The third-order valence-electron chi connectivity index (χ3n) is 5.77. The van der Waals surface area contributed by atoms with Crippen LogP contribution in [0, 0.1) is 22.7 Å². The SMILES string of the molecule is N#Cc1ccc(N2[C@@H]3CC[C@@H]2CC(NCC(=O)N2CSCC2C#N)C3)nc1. The minimum atomic E-state index is -0.287. The van der Waals surface area contributed by atoms with E-state index in [1.54, 1.807) is 22.9 Å². The Balaban J connectivity index is 1.34. The highest BCUT2D eigenvalue weighted by molar-refractivity contribution is 7.99. The molecule has 3 atom stereocenters. The fraction of sp³-hybridized carbons (Fsp3) is 0.579. The number of amides is 1. The maximum atomic E-state index is 12.4. The lowest BCUT2D eigenvalue weighted by molar-refractivity contribution is -0.129. The van der Waals surface area contributed by atoms with Gasteiger partial charge in [0.25, 0.3) is 0 Å². The third kappa shape index (κ3) is 3.60. The van der Waals surface area contributed by atoms with Crippen LogP contribution in [0.4, 0.5) is 5.82 Å². The number of hydrogen-bond acceptors (Lipinski definition) is 7. The molecule has 2 bridgehead atoms. The first-order valence-electron chi connectivity index (χ1n) is 9.34. The Morgan fingerprint density at radius 2 is 2.07 bits per heavy atom. The second-order valence-corrected chi connectivity index (χ2v) is 8.37. The van der Waals surface area contributed by atoms with E-state index in [2.05, 4.69) is 27.3 Å². The summed E-state index contributed by atoms with van der Waals surface area (Å²) in [6.07, 6.45) is 5.89. The van der Waals surface area contributed by atoms with Crippen LogP contribution in [-0.2, 0) is 4.79 Å². The molecule has 1 N–H and O–H groups in total. The molecular weight excluding hydrogens is 360 g/mol. The van der Waals surface area contributed by atoms with Crippen molar-refractivity contribution in [3.05, 3.63) is 23.9 Å². The highest BCUT2D eigenvalue weighted by atomic mass is 32.2. The molecule has 0 spiro atoms. The van der Waals surface area contributed by atoms with Gasteiger partial charge in [0.2, 0.25) is 5.91 Å². The number of hydrogen-bond donors (Lipinski definition) is 1. The zero-order valence-electron chi connectivity index (χ0n) is 15.0. The summed E-state index contributed by atoms with van der Waals surface area (Å²) in [6.45, 7) is 0.304. The summed E-state index contributed by atoms with van der Waals surface area (Å²) in [5.41, 5.74) is 0.580. The fourth-order valence-corrected chi connectivity index (χ4v) is 5.56. The number of nitrogens with zero attached hydrogens (tertiary/aromatic N) is 5. The average molecular weight is 382 g/mol. The van der Waals surface area contributed by atoms with Crippen molar-refractivity contribution in [3.63, 3.8) is 0 Å². The van der Waals surface area contributed by atoms with Gasteiger partial charge in [0, 0.05) is 30.1 Å². The number of nitrogens with one attached hydrogen (secondary N) is 1. The number of piperidine rings is 1. The van der Waals surface area contributed by atoms with Gasteiger partial charge in [-0.1, -0.05) is 0 Å². The van der Waals surface area contributed by atoms with Crippen molar-refractivity contribution in [2.45, 2.75) is 49.9 Å². The standard InChI is InChI=1S/C19H22N6OS/c20-7-13-1-4-18(23-9-13)25-15-2-3-16(25)6-14(5-15)22-10-19(26)24-12-27-11-17(24)8-21/h1,4,9,14-17,22H,2-3,5-6,10-12H2/t15-,16-,17?/m1/s1. The van der Waals surface area contributed by atoms with Crippen molar-refractivity contribution >= 4 is 23.5 Å². The Labute approximate surface area is 163 Å². The van der Waals surface area contributed by atoms with E-state index in [4.69, 9.17) is 10.5 Å². The minimum Gasteiger partial charge on any atom is -0.351 e. The van der Waals surface area contributed by atoms with Gasteiger partial charge >= 0.3 is 0 Å². The summed E-state index contributed by atoms with van der Waals surface area (Å²) in [7, 11) is 0. The molecule has 0 radical (unpaired) electrons. The van der Waals surface area contributed by atoms with E-state index in [0.717, 1.165) is 31.5 Å². The van der Waals surface area contributed by atoms with Gasteiger partial charge in [-0.05, 0) is 37.8 Å². The molecule has 1 unspecified atom stereocenters. The van der Waals surface area contributed by atoms with Gasteiger partial charge in [-0.3, -0.25) is 4.79 Å². The summed E-state index contributed by atoms with van der Waals surface area (Å²) in [6, 6.07) is 8.96. The van der Waals surface area contributed by atoms with E-state index in [0.29, 0.717) is 41.9 Å². The first kappa shape index (κ1) is 18.1. The van der Waals surface area contributed by atoms with Gasteiger partial charge in [0.05, 0.1) is 24.1 Å². The van der Waals surface area contributed by atoms with Crippen LogP contribution in [0.3, 0.4) is 0 Å². The number of carbonyl (C=O) groups excluding carboxylic acids is 1. The lowest BCUT2D eigenvalue weighted by Gasteiger charge is -2.40. The molecule has 1 aromatic rings. The predicted molar refractivity (Wildman–Crippen MR) is 103 cm³/mol. The van der Waals surface area contributed by atoms with Gasteiger partial charge in [0.1, 0.15) is 17.9 Å². The lowest BCUT2D eigenvalue weighted by atomic mass is 9.97. The van der Waals surface area contributed by atoms with Crippen LogP contribution < -0.4 is 10.2 Å². The Morgan fingerprint density at radius 1 is 1.30 bits per heavy atom. The largest absolute Gasteiger partial charge is 0.351 e. The zero-order valence-corrected chi connectivity index (χ0v) is 15.9. The number of aromatic nitrogens is 1. The van der Waals surface area contributed by atoms with Gasteiger partial charge < -0.3 is 15.1 Å². The molecule has 3 fully saturated rings. The Hall–Kier alpha value is -2.29. The number of thioether (sulfide) groups is 1. The molecule has 0 aromatic carbocycles. The molecule has 3 aliphatic rings. The lowest BCUT2D eigenvalue weighted by Crippen LogP contribution is -2.51. The fourth-order valence-electron chi connectivity index (χ4n) is 4.45.